The van der Waals surface area contributed by atoms with E-state index in [1.54, 1.807) is 22.7 Å². The van der Waals surface area contributed by atoms with Gasteiger partial charge in [-0.2, -0.15) is 0 Å². The third kappa shape index (κ3) is 14.8. The summed E-state index contributed by atoms with van der Waals surface area (Å²) in [6, 6.07) is 161. The van der Waals surface area contributed by atoms with Gasteiger partial charge in [-0.15, -0.1) is 45.3 Å². The minimum absolute atomic E-state index is 0.173. The maximum absolute atomic E-state index is 8.76. The first-order valence-electron chi connectivity index (χ1n) is 45.2. The molecule has 24 aromatic rings. The van der Waals surface area contributed by atoms with Gasteiger partial charge in [0.2, 0.25) is 0 Å². The minimum Gasteiger partial charge on any atom is -0.310 e. The molecule has 20 aromatic carbocycles. The molecule has 0 amide bonds. The number of nitrogens with zero attached hydrogens (tertiary/aromatic N) is 6. The number of thiophene rings is 4. The molecule has 10 heteroatoms. The number of benzene rings is 20. The largest absolute Gasteiger partial charge is 0.310 e. The van der Waals surface area contributed by atoms with E-state index in [0.717, 1.165) is 124 Å². The second-order valence-electron chi connectivity index (χ2n) is 31.6. The molecule has 0 bridgehead atoms. The minimum atomic E-state index is -0.409. The van der Waals surface area contributed by atoms with Crippen LogP contribution in [0, 0.1) is 0 Å². The summed E-state index contributed by atoms with van der Waals surface area (Å²) in [4.78, 5) is 14.0. The molecular weight excluding hydrogens is 1630 g/mol. The van der Waals surface area contributed by atoms with Crippen molar-refractivity contribution in [2.45, 2.75) is 0 Å². The summed E-state index contributed by atoms with van der Waals surface area (Å²) in [7, 11) is 0. The van der Waals surface area contributed by atoms with Crippen LogP contribution in [0.5, 0.6) is 0 Å². The Morgan fingerprint density at radius 3 is 0.555 bits per heavy atom. The summed E-state index contributed by atoms with van der Waals surface area (Å²) in [6.07, 6.45) is 0. The highest BCUT2D eigenvalue weighted by Gasteiger charge is 2.25. The lowest BCUT2D eigenvalue weighted by molar-refractivity contribution is 1.29. The Morgan fingerprint density at radius 1 is 0.141 bits per heavy atom. The van der Waals surface area contributed by atoms with Gasteiger partial charge in [-0.05, 0) is 289 Å². The number of rotatable bonds is 19. The fourth-order valence-corrected chi connectivity index (χ4v) is 22.2. The first-order chi connectivity index (χ1) is 65.5. The van der Waals surface area contributed by atoms with E-state index in [4.69, 9.17) is 6.85 Å². The summed E-state index contributed by atoms with van der Waals surface area (Å²) >= 11 is 7.26. The standard InChI is InChI=1S/C64H43N3S2.C54H37N3S2/c1-5-15-44(16-6-1)46-25-28-51(29-26-46)67(55-33-37-63-59(42-55)57-40-53(31-35-61(57)68-63)65(48-19-7-2-8-20-48)49-21-9-3-10-22-49)56-34-38-64-60(43-56)58-41-54(32-36-62(58)69-64)66(50-23-11-4-12-24-50)52-30-27-45-17-13-14-18-47(45)39-52;1-6-16-38(17-7-1)55(39-18-8-2-9-19-39)43-26-30-51-47(34-43)49-36-45(28-32-53(49)58-51)57(42-24-14-5-15-25-42)46-29-33-54-50(37-46)48-35-44(27-31-52(48)59-54)56(40-20-10-3-11-21-40)41-22-12-4-13-23-41/h1-43H;1-37H/i1D,5D,6D,15D,16D;. The van der Waals surface area contributed by atoms with Gasteiger partial charge in [-0.25, -0.2) is 0 Å². The molecule has 0 atom stereocenters. The third-order valence-electron chi connectivity index (χ3n) is 23.8. The molecule has 0 aliphatic heterocycles. The maximum Gasteiger partial charge on any atom is 0.0629 e. The molecule has 128 heavy (non-hydrogen) atoms. The van der Waals surface area contributed by atoms with Gasteiger partial charge in [0.05, 0.1) is 6.85 Å². The van der Waals surface area contributed by atoms with Crippen LogP contribution in [0.1, 0.15) is 6.85 Å². The van der Waals surface area contributed by atoms with Crippen LogP contribution in [0.25, 0.3) is 103 Å². The van der Waals surface area contributed by atoms with Gasteiger partial charge in [0.25, 0.3) is 0 Å². The van der Waals surface area contributed by atoms with Crippen molar-refractivity contribution in [1.29, 1.82) is 0 Å². The van der Waals surface area contributed by atoms with Gasteiger partial charge in [0.15, 0.2) is 0 Å². The lowest BCUT2D eigenvalue weighted by atomic mass is 10.0. The quantitative estimate of drug-likeness (QED) is 0.0798. The molecule has 0 saturated carbocycles. The average Bonchev–Trinajstić information content (AvgIpc) is 1.65. The number of hydrogen-bond donors (Lipinski definition) is 0. The van der Waals surface area contributed by atoms with E-state index in [-0.39, 0.29) is 29.7 Å². The number of fused-ring (bicyclic) bond motifs is 13. The molecular formula is C118H80N6S4. The Hall–Kier alpha value is -15.7. The van der Waals surface area contributed by atoms with Crippen LogP contribution in [0.2, 0.25) is 0 Å². The van der Waals surface area contributed by atoms with Crippen molar-refractivity contribution >= 4 is 239 Å². The van der Waals surface area contributed by atoms with Crippen LogP contribution in [-0.4, -0.2) is 0 Å². The maximum atomic E-state index is 8.76. The monoisotopic (exact) mass is 1710 g/mol. The molecule has 0 fully saturated rings. The zero-order chi connectivity index (χ0) is 89.2. The Bertz CT molecular complexity index is 8140. The van der Waals surface area contributed by atoms with Crippen LogP contribution in [0.4, 0.5) is 102 Å². The summed E-state index contributed by atoms with van der Waals surface area (Å²) in [5.74, 6) is 0. The Labute approximate surface area is 766 Å². The molecule has 606 valence electrons. The Balaban J connectivity index is 0.000000154. The van der Waals surface area contributed by atoms with E-state index in [1.807, 2.05) is 59.1 Å². The molecule has 0 N–H and O–H groups in total. The van der Waals surface area contributed by atoms with Crippen molar-refractivity contribution in [3.05, 3.63) is 485 Å². The molecule has 6 nitrogen and oxygen atoms in total. The summed E-state index contributed by atoms with van der Waals surface area (Å²) in [6.45, 7) is 0. The summed E-state index contributed by atoms with van der Waals surface area (Å²) in [5, 5.41) is 11.9. The average molecular weight is 1720 g/mol. The van der Waals surface area contributed by atoms with Gasteiger partial charge >= 0.3 is 0 Å². The van der Waals surface area contributed by atoms with Crippen molar-refractivity contribution in [2.24, 2.45) is 0 Å². The van der Waals surface area contributed by atoms with Crippen LogP contribution < -0.4 is 29.4 Å². The highest BCUT2D eigenvalue weighted by molar-refractivity contribution is 7.27. The van der Waals surface area contributed by atoms with Gasteiger partial charge in [0.1, 0.15) is 0 Å². The van der Waals surface area contributed by atoms with Crippen LogP contribution in [-0.2, 0) is 0 Å². The summed E-state index contributed by atoms with van der Waals surface area (Å²) in [5.41, 5.74) is 20.0. The van der Waals surface area contributed by atoms with Gasteiger partial charge in [-0.3, -0.25) is 0 Å². The van der Waals surface area contributed by atoms with Crippen LogP contribution >= 0.6 is 45.3 Å². The van der Waals surface area contributed by atoms with Crippen molar-refractivity contribution in [1.82, 2.24) is 0 Å². The van der Waals surface area contributed by atoms with Crippen molar-refractivity contribution < 1.29 is 6.85 Å². The normalized spacial score (nSPS) is 12.0. The molecule has 0 spiro atoms. The van der Waals surface area contributed by atoms with Crippen molar-refractivity contribution in [3.8, 4) is 11.1 Å². The lowest BCUT2D eigenvalue weighted by Crippen LogP contribution is -2.10. The predicted molar refractivity (Wildman–Crippen MR) is 555 cm³/mol. The zero-order valence-corrected chi connectivity index (χ0v) is 72.4. The lowest BCUT2D eigenvalue weighted by Gasteiger charge is -2.26. The van der Waals surface area contributed by atoms with E-state index < -0.39 is 6.04 Å². The van der Waals surface area contributed by atoms with Crippen LogP contribution in [0.3, 0.4) is 0 Å². The van der Waals surface area contributed by atoms with Crippen molar-refractivity contribution in [2.75, 3.05) is 29.4 Å². The number of para-hydroxylation sites is 8. The van der Waals surface area contributed by atoms with E-state index in [0.29, 0.717) is 5.56 Å². The second kappa shape index (κ2) is 33.8. The molecule has 0 saturated heterocycles. The topological polar surface area (TPSA) is 19.4 Å². The SMILES string of the molecule is [2H]c1c([2H])c([2H])c(-c2ccc(N(c3ccc4sc5ccc(N(c6ccccc6)c6ccccc6)cc5c4c3)c3ccc4sc5ccc(N(c6ccccc6)c6ccc7ccccc7c6)cc5c4c3)cc2)c([2H])c1[2H].c1ccc(N(c2ccccc2)c2ccc3sc4ccc(N(c5ccccc5)c5ccc6sc7ccc(N(c8ccccc8)c8ccccc8)cc7c6c5)cc4c3c2)cc1. The van der Waals surface area contributed by atoms with Crippen molar-refractivity contribution in [3.63, 3.8) is 0 Å². The predicted octanol–water partition coefficient (Wildman–Crippen LogP) is 36.5. The highest BCUT2D eigenvalue weighted by atomic mass is 32.1. The molecule has 0 aliphatic rings. The van der Waals surface area contributed by atoms with Crippen LogP contribution in [0.15, 0.2) is 485 Å². The molecule has 24 rings (SSSR count). The molecule has 0 aliphatic carbocycles. The Kier molecular flexibility index (Phi) is 18.9. The van der Waals surface area contributed by atoms with Gasteiger partial charge in [-0.1, -0.05) is 218 Å². The fourth-order valence-electron chi connectivity index (χ4n) is 17.9. The van der Waals surface area contributed by atoms with E-state index in [9.17, 15) is 0 Å². The first kappa shape index (κ1) is 71.7. The van der Waals surface area contributed by atoms with E-state index >= 15 is 0 Å². The first-order valence-corrected chi connectivity index (χ1v) is 46.0. The Morgan fingerprint density at radius 2 is 0.320 bits per heavy atom. The second-order valence-corrected chi connectivity index (χ2v) is 36.0. The van der Waals surface area contributed by atoms with E-state index in [2.05, 4.69) is 448 Å². The molecule has 0 radical (unpaired) electrons. The third-order valence-corrected chi connectivity index (χ3v) is 28.4. The molecule has 4 heterocycles. The summed E-state index contributed by atoms with van der Waals surface area (Å²) < 4.78 is 52.3. The van der Waals surface area contributed by atoms with Gasteiger partial charge in [0, 0.05) is 183 Å². The zero-order valence-electron chi connectivity index (χ0n) is 74.1. The smallest absolute Gasteiger partial charge is 0.0629 e. The molecule has 0 unspecified atom stereocenters. The van der Waals surface area contributed by atoms with E-state index in [1.165, 1.54) is 69.9 Å². The highest BCUT2D eigenvalue weighted by Crippen LogP contribution is 2.51. The number of anilines is 18. The fraction of sp³-hybridized carbons (Fsp3) is 0. The molecule has 4 aromatic heterocycles. The van der Waals surface area contributed by atoms with Gasteiger partial charge < -0.3 is 29.4 Å². The number of hydrogen-bond acceptors (Lipinski definition) is 10.